The normalized spacial score (nSPS) is 15.9. The van der Waals surface area contributed by atoms with E-state index in [0.717, 1.165) is 24.1 Å². The molecule has 2 aromatic heterocycles. The second kappa shape index (κ2) is 5.57. The molecule has 1 saturated carbocycles. The van der Waals surface area contributed by atoms with E-state index in [1.165, 1.54) is 18.7 Å². The summed E-state index contributed by atoms with van der Waals surface area (Å²) in [6.07, 6.45) is 8.31. The average Bonchev–Trinajstić information content (AvgIpc) is 2.77. The lowest BCUT2D eigenvalue weighted by Crippen LogP contribution is -2.25. The largest absolute Gasteiger partial charge is 0.271 e. The van der Waals surface area contributed by atoms with Crippen LogP contribution < -0.4 is 4.72 Å². The van der Waals surface area contributed by atoms with Crippen molar-refractivity contribution in [3.63, 3.8) is 0 Å². The molecule has 6 nitrogen and oxygen atoms in total. The summed E-state index contributed by atoms with van der Waals surface area (Å²) in [6, 6.07) is 3.14. The maximum atomic E-state index is 12.2. The molecule has 0 amide bonds. The molecular weight excluding hydrogens is 288 g/mol. The molecule has 2 aromatic rings. The predicted octanol–water partition coefficient (Wildman–Crippen LogP) is 1.56. The van der Waals surface area contributed by atoms with Crippen LogP contribution in [0.4, 0.5) is 0 Å². The standard InChI is InChI=1S/C14H18N4O2S/c1-18-14(13(9-16-18)11-4-2-5-11)10-17-21(19,20)12-6-3-7-15-8-12/h3,6-9,11,17H,2,4-5,10H2,1H3. The highest BCUT2D eigenvalue weighted by molar-refractivity contribution is 7.89. The first-order valence-electron chi connectivity index (χ1n) is 6.98. The highest BCUT2D eigenvalue weighted by atomic mass is 32.2. The molecule has 0 unspecified atom stereocenters. The molecule has 0 saturated heterocycles. The van der Waals surface area contributed by atoms with Gasteiger partial charge >= 0.3 is 0 Å². The van der Waals surface area contributed by atoms with Crippen LogP contribution in [0.5, 0.6) is 0 Å². The Balaban J connectivity index is 1.77. The molecule has 1 aliphatic carbocycles. The number of aryl methyl sites for hydroxylation is 1. The minimum Gasteiger partial charge on any atom is -0.271 e. The fourth-order valence-corrected chi connectivity index (χ4v) is 3.46. The van der Waals surface area contributed by atoms with Crippen molar-refractivity contribution < 1.29 is 8.42 Å². The van der Waals surface area contributed by atoms with Crippen molar-refractivity contribution in [1.82, 2.24) is 19.5 Å². The van der Waals surface area contributed by atoms with Gasteiger partial charge in [0.15, 0.2) is 0 Å². The average molecular weight is 306 g/mol. The summed E-state index contributed by atoms with van der Waals surface area (Å²) in [6.45, 7) is 0.250. The van der Waals surface area contributed by atoms with Crippen LogP contribution in [0.15, 0.2) is 35.6 Å². The van der Waals surface area contributed by atoms with Gasteiger partial charge < -0.3 is 0 Å². The first kappa shape index (κ1) is 14.2. The number of pyridine rings is 1. The molecule has 0 spiro atoms. The van der Waals surface area contributed by atoms with E-state index in [2.05, 4.69) is 14.8 Å². The Bertz CT molecular complexity index is 721. The summed E-state index contributed by atoms with van der Waals surface area (Å²) >= 11 is 0. The molecule has 7 heteroatoms. The molecular formula is C14H18N4O2S. The van der Waals surface area contributed by atoms with Gasteiger partial charge in [0.2, 0.25) is 10.0 Å². The van der Waals surface area contributed by atoms with E-state index in [4.69, 9.17) is 0 Å². The molecule has 3 rings (SSSR count). The molecule has 112 valence electrons. The van der Waals surface area contributed by atoms with Gasteiger partial charge in [-0.15, -0.1) is 0 Å². The molecule has 1 fully saturated rings. The second-order valence-corrected chi connectivity index (χ2v) is 7.08. The van der Waals surface area contributed by atoms with Gasteiger partial charge in [0.05, 0.1) is 18.4 Å². The van der Waals surface area contributed by atoms with E-state index < -0.39 is 10.0 Å². The predicted molar refractivity (Wildman–Crippen MR) is 78.1 cm³/mol. The zero-order chi connectivity index (χ0) is 14.9. The van der Waals surface area contributed by atoms with Gasteiger partial charge in [0, 0.05) is 19.4 Å². The van der Waals surface area contributed by atoms with Crippen molar-refractivity contribution in [1.29, 1.82) is 0 Å². The van der Waals surface area contributed by atoms with Crippen LogP contribution in [0, 0.1) is 0 Å². The van der Waals surface area contributed by atoms with Crippen molar-refractivity contribution in [2.75, 3.05) is 0 Å². The van der Waals surface area contributed by atoms with Gasteiger partial charge in [-0.05, 0) is 36.5 Å². The lowest BCUT2D eigenvalue weighted by Gasteiger charge is -2.25. The van der Waals surface area contributed by atoms with Crippen LogP contribution in [-0.4, -0.2) is 23.2 Å². The number of aromatic nitrogens is 3. The third kappa shape index (κ3) is 2.84. The topological polar surface area (TPSA) is 76.9 Å². The van der Waals surface area contributed by atoms with Crippen molar-refractivity contribution in [2.24, 2.45) is 7.05 Å². The lowest BCUT2D eigenvalue weighted by molar-refractivity contribution is 0.416. The van der Waals surface area contributed by atoms with Crippen LogP contribution in [0.1, 0.15) is 36.4 Å². The van der Waals surface area contributed by atoms with Crippen molar-refractivity contribution in [2.45, 2.75) is 36.6 Å². The van der Waals surface area contributed by atoms with Gasteiger partial charge in [-0.1, -0.05) is 6.42 Å². The summed E-state index contributed by atoms with van der Waals surface area (Å²) in [5, 5.41) is 4.26. The molecule has 1 aliphatic rings. The van der Waals surface area contributed by atoms with E-state index >= 15 is 0 Å². The van der Waals surface area contributed by atoms with Crippen LogP contribution >= 0.6 is 0 Å². The van der Waals surface area contributed by atoms with Gasteiger partial charge in [-0.2, -0.15) is 5.10 Å². The van der Waals surface area contributed by atoms with Gasteiger partial charge in [0.1, 0.15) is 4.90 Å². The monoisotopic (exact) mass is 306 g/mol. The van der Waals surface area contributed by atoms with E-state index in [-0.39, 0.29) is 11.4 Å². The first-order chi connectivity index (χ1) is 10.1. The first-order valence-corrected chi connectivity index (χ1v) is 8.47. The minimum atomic E-state index is -3.54. The van der Waals surface area contributed by atoms with Crippen LogP contribution in [0.25, 0.3) is 0 Å². The van der Waals surface area contributed by atoms with E-state index in [1.807, 2.05) is 13.2 Å². The molecule has 0 aromatic carbocycles. The number of rotatable bonds is 5. The summed E-state index contributed by atoms with van der Waals surface area (Å²) in [4.78, 5) is 4.02. The second-order valence-electron chi connectivity index (χ2n) is 5.31. The minimum absolute atomic E-state index is 0.178. The van der Waals surface area contributed by atoms with Gasteiger partial charge in [0.25, 0.3) is 0 Å². The highest BCUT2D eigenvalue weighted by Gasteiger charge is 2.25. The molecule has 1 N–H and O–H groups in total. The maximum absolute atomic E-state index is 12.2. The molecule has 2 heterocycles. The highest BCUT2D eigenvalue weighted by Crippen LogP contribution is 2.37. The van der Waals surface area contributed by atoms with Crippen molar-refractivity contribution >= 4 is 10.0 Å². The molecule has 21 heavy (non-hydrogen) atoms. The summed E-state index contributed by atoms with van der Waals surface area (Å²) < 4.78 is 28.8. The summed E-state index contributed by atoms with van der Waals surface area (Å²) in [7, 11) is -1.69. The van der Waals surface area contributed by atoms with Gasteiger partial charge in [-0.25, -0.2) is 13.1 Å². The number of sulfonamides is 1. The summed E-state index contributed by atoms with van der Waals surface area (Å²) in [5.74, 6) is 0.525. The Hall–Kier alpha value is -1.73. The Morgan fingerprint density at radius 1 is 1.38 bits per heavy atom. The molecule has 0 radical (unpaired) electrons. The zero-order valence-electron chi connectivity index (χ0n) is 11.9. The number of hydrogen-bond acceptors (Lipinski definition) is 4. The Morgan fingerprint density at radius 3 is 2.81 bits per heavy atom. The molecule has 0 bridgehead atoms. The number of nitrogens with one attached hydrogen (secondary N) is 1. The molecule has 0 atom stereocenters. The fourth-order valence-electron chi connectivity index (χ4n) is 2.51. The number of nitrogens with zero attached hydrogens (tertiary/aromatic N) is 3. The zero-order valence-corrected chi connectivity index (χ0v) is 12.7. The quantitative estimate of drug-likeness (QED) is 0.909. The Labute approximate surface area is 124 Å². The van der Waals surface area contributed by atoms with E-state index in [1.54, 1.807) is 16.9 Å². The third-order valence-electron chi connectivity index (χ3n) is 4.01. The van der Waals surface area contributed by atoms with Crippen LogP contribution in [0.2, 0.25) is 0 Å². The SMILES string of the molecule is Cn1ncc(C2CCC2)c1CNS(=O)(=O)c1cccnc1. The van der Waals surface area contributed by atoms with E-state index in [9.17, 15) is 8.42 Å². The summed E-state index contributed by atoms with van der Waals surface area (Å²) in [5.41, 5.74) is 2.10. The Kier molecular flexibility index (Phi) is 3.77. The van der Waals surface area contributed by atoms with Crippen LogP contribution in [0.3, 0.4) is 0 Å². The fraction of sp³-hybridized carbons (Fsp3) is 0.429. The molecule has 0 aliphatic heterocycles. The number of hydrogen-bond donors (Lipinski definition) is 1. The van der Waals surface area contributed by atoms with Crippen LogP contribution in [-0.2, 0) is 23.6 Å². The van der Waals surface area contributed by atoms with Crippen molar-refractivity contribution in [3.8, 4) is 0 Å². The van der Waals surface area contributed by atoms with Crippen molar-refractivity contribution in [3.05, 3.63) is 42.0 Å². The maximum Gasteiger partial charge on any atom is 0.242 e. The lowest BCUT2D eigenvalue weighted by atomic mass is 9.80. The van der Waals surface area contributed by atoms with Gasteiger partial charge in [-0.3, -0.25) is 9.67 Å². The Morgan fingerprint density at radius 2 is 2.19 bits per heavy atom. The smallest absolute Gasteiger partial charge is 0.242 e. The third-order valence-corrected chi connectivity index (χ3v) is 5.40. The van der Waals surface area contributed by atoms with E-state index in [0.29, 0.717) is 5.92 Å².